The van der Waals surface area contributed by atoms with Gasteiger partial charge in [0, 0.05) is 172 Å². The standard InChI is InChI=1S/C16H23NO2.C15H23NO2.C15H23NO.C12H23NO2.C11H21NO2.C11H23NO2.C11H23NO.C10H21NO2.C10H21NO.C9H18ClNO/c1-15(2)10-13(11-16(3,4)17(15)19)14(18)12-8-6-5-7-9-12;1-14(2)10-13(11-15(3,4)16(14)17)18-12-8-6-5-7-9-12;1-14(2)10-13(11-15(3,4)16(14)17)12-8-6-5-7-9-12;1-6-10(14)9-7-11(2,3)13(15)12(4,5)8-9;1-8(13)9-6-10(2,3)12(14)11(4,5)7-9;1-6-14-9-7-10(2,3)12(13)11(4,5)8-9;1-6-9-7-10(2,3)12(13)11(4,5)8-9;1-9(2)6-8(13-5)7-10(3,4)11(9)12;1-8-6-9(2,3)11(12)10(4,5)7-8;1-8(2)5-7(10)6-9(3,4)11(8)12/h5-9,13,19H,10-11H2,1-4H3;5-9,13,17H,10-11H2,1-4H3;5-9,13,17H,10-11H2,1-4H3;9,15H,6-8H2,1-5H3;9,14H,6-7H2,1-5H3;9,13H,6-8H2,1-5H3;9,13H,6-8H2,1-5H3;8,12H,6-7H2,1-5H3;8,12H,6-7H2,1-5H3;7,12H,5-6H2,1-4H3. The highest BCUT2D eigenvalue weighted by Crippen LogP contribution is 2.50. The van der Waals surface area contributed by atoms with Crippen molar-refractivity contribution in [1.29, 1.82) is 0 Å². The van der Waals surface area contributed by atoms with Gasteiger partial charge in [-0.25, -0.2) is 0 Å². The maximum absolute atomic E-state index is 12.6. The van der Waals surface area contributed by atoms with Crippen molar-refractivity contribution in [1.82, 2.24) is 50.6 Å². The number of para-hydroxylation sites is 1. The lowest BCUT2D eigenvalue weighted by Crippen LogP contribution is -2.61. The van der Waals surface area contributed by atoms with E-state index in [4.69, 9.17) is 25.8 Å². The van der Waals surface area contributed by atoms with Crippen LogP contribution in [0, 0.1) is 29.6 Å². The quantitative estimate of drug-likeness (QED) is 0.0595. The Hall–Kier alpha value is -4.12. The number of ether oxygens (including phenoxy) is 3. The lowest BCUT2D eigenvalue weighted by molar-refractivity contribution is -0.260. The molecule has 10 aliphatic heterocycles. The molecule has 0 radical (unpaired) electrons. The Balaban J connectivity index is 0.000000341. The summed E-state index contributed by atoms with van der Waals surface area (Å²) in [5.74, 6) is 3.80. The van der Waals surface area contributed by atoms with Crippen molar-refractivity contribution < 1.29 is 80.7 Å². The molecule has 10 saturated heterocycles. The summed E-state index contributed by atoms with van der Waals surface area (Å²) >= 11 is 6.11. The third-order valence-corrected chi connectivity index (χ3v) is 33.3. The summed E-state index contributed by atoms with van der Waals surface area (Å²) in [4.78, 5) is 35.7. The van der Waals surface area contributed by atoms with Crippen molar-refractivity contribution in [3.8, 4) is 5.75 Å². The smallest absolute Gasteiger partial charge is 0.166 e. The molecule has 13 rings (SSSR count). The SMILES string of the molecule is CC(=O)C1CC(C)(C)N(O)C(C)(C)C1.CC1(C)CC(C(=O)c2ccccc2)CC(C)(C)N1O.CC1(C)CC(Cl)CC(C)(C)N1O.CC1(C)CC(Oc2ccccc2)CC(C)(C)N1O.CC1(C)CC(c2ccccc2)CC(C)(C)N1O.CC1CC(C)(C)N(O)C(C)(C)C1.CCC(=O)C1CC(C)(C)N(O)C(C)(C)C1.CCC1CC(C)(C)N(O)C(C)(C)C1.CCOC1CC(C)(C)N(O)C(C)(C)C1.COC1CC(C)(C)N(O)C(C)(C)C1. The predicted molar refractivity (Wildman–Crippen MR) is 596 cm³/mol. The molecule has 0 atom stereocenters. The number of rotatable bonds is 12. The molecule has 852 valence electrons. The number of carbonyl (C=O) groups excluding carboxylic acids is 3. The Labute approximate surface area is 899 Å². The van der Waals surface area contributed by atoms with E-state index < -0.39 is 0 Å². The Morgan fingerprint density at radius 3 is 0.816 bits per heavy atom. The van der Waals surface area contributed by atoms with E-state index in [1.54, 1.807) is 24.2 Å². The number of hydrogen-bond donors (Lipinski definition) is 10. The molecule has 10 aliphatic rings. The fourth-order valence-electron chi connectivity index (χ4n) is 27.4. The summed E-state index contributed by atoms with van der Waals surface area (Å²) in [5.41, 5.74) is -2.12. The minimum Gasteiger partial charge on any atom is -0.490 e. The second-order valence-corrected chi connectivity index (χ2v) is 58.4. The molecule has 3 aromatic carbocycles. The zero-order valence-electron chi connectivity index (χ0n) is 101. The van der Waals surface area contributed by atoms with Gasteiger partial charge in [-0.2, -0.15) is 50.6 Å². The van der Waals surface area contributed by atoms with Crippen LogP contribution in [0.15, 0.2) is 91.0 Å². The molecule has 26 nitrogen and oxygen atoms in total. The highest BCUT2D eigenvalue weighted by atomic mass is 35.5. The van der Waals surface area contributed by atoms with Crippen LogP contribution in [0.5, 0.6) is 5.75 Å². The van der Waals surface area contributed by atoms with Crippen molar-refractivity contribution in [2.45, 2.75) is 593 Å². The maximum atomic E-state index is 12.6. The monoisotopic (exact) mass is 2090 g/mol. The number of hydrogen-bond acceptors (Lipinski definition) is 26. The van der Waals surface area contributed by atoms with Gasteiger partial charge in [0.1, 0.15) is 23.4 Å². The lowest BCUT2D eigenvalue weighted by atomic mass is 9.73. The van der Waals surface area contributed by atoms with E-state index in [1.807, 2.05) is 213 Å². The summed E-state index contributed by atoms with van der Waals surface area (Å²) in [5, 5.41) is 115. The topological polar surface area (TPSA) is 314 Å². The number of Topliss-reactive ketones (excluding diaryl/α,β-unsaturated/α-hetero) is 3. The zero-order valence-corrected chi connectivity index (χ0v) is 102. The van der Waals surface area contributed by atoms with Crippen molar-refractivity contribution in [2.75, 3.05) is 13.7 Å². The Morgan fingerprint density at radius 2 is 0.537 bits per heavy atom. The molecule has 10 N–H and O–H groups in total. The molecule has 0 aromatic heterocycles. The van der Waals surface area contributed by atoms with Gasteiger partial charge < -0.3 is 66.3 Å². The van der Waals surface area contributed by atoms with Gasteiger partial charge in [0.05, 0.1) is 12.2 Å². The second kappa shape index (κ2) is 51.0. The lowest BCUT2D eigenvalue weighted by Gasteiger charge is -2.51. The fraction of sp³-hybridized carbons (Fsp3) is 0.825. The molecule has 0 bridgehead atoms. The van der Waals surface area contributed by atoms with Crippen LogP contribution in [-0.4, -0.2) is 268 Å². The number of hydroxylamine groups is 20. The predicted octanol–water partition coefficient (Wildman–Crippen LogP) is 28.5. The Kier molecular flexibility index (Phi) is 46.9. The minimum atomic E-state index is -0.378. The van der Waals surface area contributed by atoms with Crippen LogP contribution >= 0.6 is 11.6 Å². The fourth-order valence-corrected chi connectivity index (χ4v) is 28.1. The number of piperidine rings is 10. The summed E-state index contributed by atoms with van der Waals surface area (Å²) < 4.78 is 17.1. The van der Waals surface area contributed by atoms with E-state index in [0.717, 1.165) is 139 Å². The second-order valence-electron chi connectivity index (χ2n) is 57.8. The molecule has 0 unspecified atom stereocenters. The van der Waals surface area contributed by atoms with Crippen LogP contribution in [0.1, 0.15) is 475 Å². The molecule has 0 spiro atoms. The van der Waals surface area contributed by atoms with Crippen molar-refractivity contribution in [3.63, 3.8) is 0 Å². The van der Waals surface area contributed by atoms with Crippen LogP contribution in [0.25, 0.3) is 0 Å². The maximum Gasteiger partial charge on any atom is 0.166 e. The number of carbonyl (C=O) groups is 3. The van der Waals surface area contributed by atoms with Gasteiger partial charge in [-0.1, -0.05) is 106 Å². The van der Waals surface area contributed by atoms with Gasteiger partial charge in [-0.3, -0.25) is 14.4 Å². The average molecular weight is 2090 g/mol. The van der Waals surface area contributed by atoms with E-state index in [2.05, 4.69) is 183 Å². The van der Waals surface area contributed by atoms with Gasteiger partial charge in [0.15, 0.2) is 5.78 Å². The molecule has 10 heterocycles. The van der Waals surface area contributed by atoms with E-state index in [9.17, 15) is 66.5 Å². The first-order valence-corrected chi connectivity index (χ1v) is 55.7. The molecule has 0 aliphatic carbocycles. The van der Waals surface area contributed by atoms with Crippen LogP contribution in [0.3, 0.4) is 0 Å². The molecule has 3 aromatic rings. The third kappa shape index (κ3) is 37.3. The number of methoxy groups -OCH3 is 1. The Bertz CT molecular complexity index is 4250. The molecular weight excluding hydrogens is 1870 g/mol. The normalized spacial score (nSPS) is 26.9. The van der Waals surface area contributed by atoms with Crippen molar-refractivity contribution in [2.24, 2.45) is 29.6 Å². The summed E-state index contributed by atoms with van der Waals surface area (Å²) in [6.07, 6.45) is 20.0. The Morgan fingerprint density at radius 1 is 0.299 bits per heavy atom. The third-order valence-electron chi connectivity index (χ3n) is 33.0. The highest BCUT2D eigenvalue weighted by molar-refractivity contribution is 6.20. The molecule has 10 fully saturated rings. The van der Waals surface area contributed by atoms with Gasteiger partial charge >= 0.3 is 0 Å². The van der Waals surface area contributed by atoms with E-state index in [0.29, 0.717) is 36.9 Å². The van der Waals surface area contributed by atoms with Crippen LogP contribution in [-0.2, 0) is 19.1 Å². The first kappa shape index (κ1) is 135. The van der Waals surface area contributed by atoms with E-state index >= 15 is 0 Å². The van der Waals surface area contributed by atoms with E-state index in [-0.39, 0.29) is 164 Å². The molecule has 0 amide bonds. The highest BCUT2D eigenvalue weighted by Gasteiger charge is 2.55. The minimum absolute atomic E-state index is 0.0317. The summed E-state index contributed by atoms with van der Waals surface area (Å²) in [6.45, 7) is 92.6. The van der Waals surface area contributed by atoms with Gasteiger partial charge in [-0.15, -0.1) is 11.6 Å². The molecular formula is C120H219ClN10O16. The zero-order chi connectivity index (χ0) is 114. The van der Waals surface area contributed by atoms with Crippen molar-refractivity contribution in [3.05, 3.63) is 102 Å². The molecule has 147 heavy (non-hydrogen) atoms. The largest absolute Gasteiger partial charge is 0.490 e. The number of ketones is 3. The van der Waals surface area contributed by atoms with Gasteiger partial charge in [0.25, 0.3) is 0 Å². The number of halogens is 1. The van der Waals surface area contributed by atoms with Crippen LogP contribution in [0.4, 0.5) is 0 Å². The average Bonchev–Trinajstić information content (AvgIpc) is 0.776. The summed E-state index contributed by atoms with van der Waals surface area (Å²) in [7, 11) is 1.74. The molecule has 27 heteroatoms. The van der Waals surface area contributed by atoms with Crippen molar-refractivity contribution >= 4 is 29.0 Å². The van der Waals surface area contributed by atoms with Crippen LogP contribution in [0.2, 0.25) is 0 Å². The van der Waals surface area contributed by atoms with E-state index in [1.165, 1.54) is 52.5 Å². The van der Waals surface area contributed by atoms with Gasteiger partial charge in [-0.05, 0) is 442 Å². The number of benzene rings is 3. The van der Waals surface area contributed by atoms with Crippen LogP contribution < -0.4 is 4.74 Å². The molecule has 0 saturated carbocycles. The number of alkyl halides is 1. The first-order chi connectivity index (χ1) is 66.1. The summed E-state index contributed by atoms with van der Waals surface area (Å²) in [6, 6.07) is 30.0. The van der Waals surface area contributed by atoms with Gasteiger partial charge in [0.2, 0.25) is 0 Å². The first-order valence-electron chi connectivity index (χ1n) is 55.2. The number of nitrogens with zero attached hydrogens (tertiary/aromatic N) is 10.